The molecule has 2 aromatic carbocycles. The summed E-state index contributed by atoms with van der Waals surface area (Å²) in [6, 6.07) is 13.5. The van der Waals surface area contributed by atoms with Crippen LogP contribution in [-0.2, 0) is 4.74 Å². The van der Waals surface area contributed by atoms with Crippen molar-refractivity contribution in [3.63, 3.8) is 0 Å². The third kappa shape index (κ3) is 8.40. The molecule has 12 nitrogen and oxygen atoms in total. The van der Waals surface area contributed by atoms with Crippen molar-refractivity contribution in [3.8, 4) is 16.2 Å². The number of nitrogens with zero attached hydrogens (tertiary/aromatic N) is 2. The zero-order chi connectivity index (χ0) is 27.6. The van der Waals surface area contributed by atoms with E-state index in [9.17, 15) is 14.4 Å². The number of urea groups is 2. The zero-order valence-electron chi connectivity index (χ0n) is 21.5. The molecular weight excluding hydrogens is 522 g/mol. The third-order valence-corrected chi connectivity index (χ3v) is 6.72. The van der Waals surface area contributed by atoms with Gasteiger partial charge in [0.2, 0.25) is 0 Å². The molecule has 3 aromatic rings. The molecule has 1 saturated heterocycles. The van der Waals surface area contributed by atoms with Gasteiger partial charge in [0.05, 0.1) is 13.2 Å². The molecule has 1 aliphatic heterocycles. The number of nitrogens with two attached hydrogens (primary N) is 1. The smallest absolute Gasteiger partial charge is 0.405 e. The minimum Gasteiger partial charge on any atom is -0.405 e. The summed E-state index contributed by atoms with van der Waals surface area (Å²) < 4.78 is 14.8. The zero-order valence-corrected chi connectivity index (χ0v) is 22.3. The van der Waals surface area contributed by atoms with Crippen molar-refractivity contribution in [2.45, 2.75) is 13.3 Å². The van der Waals surface area contributed by atoms with Crippen molar-refractivity contribution >= 4 is 46.9 Å². The summed E-state index contributed by atoms with van der Waals surface area (Å²) in [5.41, 5.74) is 8.25. The lowest BCUT2D eigenvalue weighted by Crippen LogP contribution is -2.38. The first-order chi connectivity index (χ1) is 18.9. The molecule has 0 bridgehead atoms. The van der Waals surface area contributed by atoms with E-state index in [2.05, 4.69) is 30.5 Å². The highest BCUT2D eigenvalue weighted by Gasteiger charge is 2.21. The van der Waals surface area contributed by atoms with E-state index in [-0.39, 0.29) is 17.6 Å². The number of anilines is 3. The first kappa shape index (κ1) is 27.8. The molecule has 0 atom stereocenters. The molecule has 2 heterocycles. The highest BCUT2D eigenvalue weighted by Crippen LogP contribution is 2.40. The number of carbonyl (C=O) groups excluding carboxylic acids is 3. The van der Waals surface area contributed by atoms with E-state index < -0.39 is 12.1 Å². The third-order valence-electron chi connectivity index (χ3n) is 5.84. The van der Waals surface area contributed by atoms with Crippen LogP contribution in [-0.4, -0.2) is 66.8 Å². The first-order valence-electron chi connectivity index (χ1n) is 12.4. The Morgan fingerprint density at radius 3 is 2.26 bits per heavy atom. The standard InChI is InChI=1S/C26H31N7O5S/c1-17-3-7-19(8-4-17)29-26(36)30-20-9-5-18(6-10-20)22-21(38-24(27)34)23(32-39-22)31-25(35)28-11-2-12-33-13-15-37-16-14-33/h3-10H,2,11-16H2,1H3,(H2,27,34)(H2,29,30,36)(H2,28,31,32,35). The Balaban J connectivity index is 1.34. The monoisotopic (exact) mass is 553 g/mol. The summed E-state index contributed by atoms with van der Waals surface area (Å²) in [4.78, 5) is 39.1. The van der Waals surface area contributed by atoms with Gasteiger partial charge in [-0.3, -0.25) is 10.2 Å². The van der Waals surface area contributed by atoms with Crippen LogP contribution in [0.5, 0.6) is 5.75 Å². The van der Waals surface area contributed by atoms with Gasteiger partial charge in [0, 0.05) is 31.0 Å². The molecule has 0 radical (unpaired) electrons. The molecule has 5 amide bonds. The maximum Gasteiger partial charge on any atom is 0.410 e. The number of benzene rings is 2. The van der Waals surface area contributed by atoms with Crippen LogP contribution in [0.25, 0.3) is 10.4 Å². The molecule has 1 fully saturated rings. The average molecular weight is 554 g/mol. The van der Waals surface area contributed by atoms with E-state index in [1.54, 1.807) is 24.3 Å². The SMILES string of the molecule is Cc1ccc(NC(=O)Nc2ccc(-c3snc(NC(=O)NCCCN4CCOCC4)c3OC(N)=O)cc2)cc1. The van der Waals surface area contributed by atoms with Gasteiger partial charge in [-0.2, -0.15) is 4.37 Å². The van der Waals surface area contributed by atoms with Crippen LogP contribution < -0.4 is 31.7 Å². The van der Waals surface area contributed by atoms with Gasteiger partial charge < -0.3 is 31.2 Å². The molecule has 13 heteroatoms. The molecule has 0 saturated carbocycles. The minimum absolute atomic E-state index is 0.0498. The van der Waals surface area contributed by atoms with Crippen LogP contribution in [0.3, 0.4) is 0 Å². The number of morpholine rings is 1. The molecule has 1 aliphatic rings. The largest absolute Gasteiger partial charge is 0.410 e. The van der Waals surface area contributed by atoms with E-state index in [1.807, 2.05) is 31.2 Å². The average Bonchev–Trinajstić information content (AvgIpc) is 3.30. The molecule has 4 rings (SSSR count). The Morgan fingerprint density at radius 2 is 1.62 bits per heavy atom. The van der Waals surface area contributed by atoms with Gasteiger partial charge in [-0.25, -0.2) is 14.4 Å². The lowest BCUT2D eigenvalue weighted by Gasteiger charge is -2.26. The van der Waals surface area contributed by atoms with Gasteiger partial charge in [0.15, 0.2) is 11.6 Å². The number of primary amides is 1. The van der Waals surface area contributed by atoms with Crippen LogP contribution in [0.1, 0.15) is 12.0 Å². The minimum atomic E-state index is -1.03. The molecule has 0 unspecified atom stereocenters. The Kier molecular flexibility index (Phi) is 9.67. The van der Waals surface area contributed by atoms with Crippen molar-refractivity contribution in [3.05, 3.63) is 54.1 Å². The molecule has 0 spiro atoms. The number of nitrogens with one attached hydrogen (secondary N) is 4. The second kappa shape index (κ2) is 13.6. The number of ether oxygens (including phenoxy) is 2. The quantitative estimate of drug-likeness (QED) is 0.250. The molecule has 206 valence electrons. The lowest BCUT2D eigenvalue weighted by atomic mass is 10.1. The van der Waals surface area contributed by atoms with Gasteiger partial charge in [0.1, 0.15) is 4.88 Å². The molecule has 39 heavy (non-hydrogen) atoms. The Labute approximate surface area is 230 Å². The fourth-order valence-electron chi connectivity index (χ4n) is 3.86. The topological polar surface area (TPSA) is 160 Å². The van der Waals surface area contributed by atoms with Gasteiger partial charge in [-0.1, -0.05) is 29.8 Å². The number of hydrogen-bond donors (Lipinski definition) is 5. The summed E-state index contributed by atoms with van der Waals surface area (Å²) in [5.74, 6) is 0.132. The number of aryl methyl sites for hydroxylation is 1. The number of carbonyl (C=O) groups is 3. The van der Waals surface area contributed by atoms with Crippen LogP contribution in [0.2, 0.25) is 0 Å². The van der Waals surface area contributed by atoms with Crippen LogP contribution in [0.4, 0.5) is 31.6 Å². The lowest BCUT2D eigenvalue weighted by molar-refractivity contribution is 0.0375. The number of hydrogen-bond acceptors (Lipinski definition) is 8. The van der Waals surface area contributed by atoms with Gasteiger partial charge in [-0.05, 0) is 61.3 Å². The van der Waals surface area contributed by atoms with E-state index in [4.69, 9.17) is 15.2 Å². The summed E-state index contributed by atoms with van der Waals surface area (Å²) in [6.07, 6.45) is -0.249. The summed E-state index contributed by atoms with van der Waals surface area (Å²) >= 11 is 1.04. The van der Waals surface area contributed by atoms with Gasteiger partial charge in [0.25, 0.3) is 0 Å². The Bertz CT molecular complexity index is 1270. The number of amides is 5. The number of aromatic nitrogens is 1. The summed E-state index contributed by atoms with van der Waals surface area (Å²) in [7, 11) is 0. The highest BCUT2D eigenvalue weighted by atomic mass is 32.1. The fourth-order valence-corrected chi connectivity index (χ4v) is 4.63. The van der Waals surface area contributed by atoms with Gasteiger partial charge in [-0.15, -0.1) is 0 Å². The molecular formula is C26H31N7O5S. The predicted molar refractivity (Wildman–Crippen MR) is 150 cm³/mol. The number of rotatable bonds is 9. The van der Waals surface area contributed by atoms with Crippen LogP contribution in [0, 0.1) is 6.92 Å². The predicted octanol–water partition coefficient (Wildman–Crippen LogP) is 4.06. The van der Waals surface area contributed by atoms with E-state index in [1.165, 1.54) is 0 Å². The fraction of sp³-hybridized carbons (Fsp3) is 0.308. The van der Waals surface area contributed by atoms with Crippen molar-refractivity contribution in [2.24, 2.45) is 5.73 Å². The molecule has 6 N–H and O–H groups in total. The van der Waals surface area contributed by atoms with Crippen LogP contribution >= 0.6 is 11.5 Å². The normalized spacial score (nSPS) is 13.4. The van der Waals surface area contributed by atoms with E-state index in [0.717, 1.165) is 56.4 Å². The van der Waals surface area contributed by atoms with Crippen molar-refractivity contribution < 1.29 is 23.9 Å². The molecule has 0 aliphatic carbocycles. The van der Waals surface area contributed by atoms with E-state index in [0.29, 0.717) is 28.4 Å². The maximum absolute atomic E-state index is 12.4. The Morgan fingerprint density at radius 1 is 0.974 bits per heavy atom. The second-order valence-electron chi connectivity index (χ2n) is 8.82. The van der Waals surface area contributed by atoms with Crippen molar-refractivity contribution in [1.29, 1.82) is 0 Å². The van der Waals surface area contributed by atoms with Crippen LogP contribution in [0.15, 0.2) is 48.5 Å². The van der Waals surface area contributed by atoms with Crippen molar-refractivity contribution in [1.82, 2.24) is 14.6 Å². The highest BCUT2D eigenvalue weighted by molar-refractivity contribution is 7.10. The second-order valence-corrected chi connectivity index (χ2v) is 9.59. The van der Waals surface area contributed by atoms with E-state index >= 15 is 0 Å². The van der Waals surface area contributed by atoms with Crippen molar-refractivity contribution in [2.75, 3.05) is 55.3 Å². The first-order valence-corrected chi connectivity index (χ1v) is 13.2. The molecule has 1 aromatic heterocycles. The van der Waals surface area contributed by atoms with Gasteiger partial charge >= 0.3 is 18.2 Å². The maximum atomic E-state index is 12.4. The Hall–Kier alpha value is -4.20. The summed E-state index contributed by atoms with van der Waals surface area (Å²) in [5, 5.41) is 10.9. The summed E-state index contributed by atoms with van der Waals surface area (Å²) in [6.45, 7) is 6.53.